The molecule has 1 N–H and O–H groups in total. The molecule has 4 heteroatoms. The maximum atomic E-state index is 12.7. The van der Waals surface area contributed by atoms with Gasteiger partial charge in [0, 0.05) is 4.88 Å². The van der Waals surface area contributed by atoms with Crippen LogP contribution < -0.4 is 0 Å². The van der Waals surface area contributed by atoms with Crippen LogP contribution in [0.3, 0.4) is 0 Å². The molecule has 0 fully saturated rings. The summed E-state index contributed by atoms with van der Waals surface area (Å²) in [5.74, 6) is -0.365. The molecule has 0 saturated heterocycles. The molecule has 1 nitrogen and oxygen atoms in total. The first-order chi connectivity index (χ1) is 4.91. The Morgan fingerprint density at radius 2 is 2.18 bits per heavy atom. The smallest absolute Gasteiger partial charge is 0.147 e. The summed E-state index contributed by atoms with van der Waals surface area (Å²) in [5.41, 5.74) is -0.966. The highest BCUT2D eigenvalue weighted by atomic mass is 32.2. The average Bonchev–Trinajstić information content (AvgIpc) is 2.11. The maximum absolute atomic E-state index is 12.7. The van der Waals surface area contributed by atoms with E-state index in [1.807, 2.05) is 0 Å². The third-order valence-electron chi connectivity index (χ3n) is 1.27. The summed E-state index contributed by atoms with van der Waals surface area (Å²) in [6, 6.07) is 1.31. The van der Waals surface area contributed by atoms with Crippen LogP contribution in [-0.4, -0.2) is 5.11 Å². The second kappa shape index (κ2) is 2.77. The van der Waals surface area contributed by atoms with Crippen molar-refractivity contribution in [3.05, 3.63) is 16.8 Å². The summed E-state index contributed by atoms with van der Waals surface area (Å²) >= 11 is 5.04. The summed E-state index contributed by atoms with van der Waals surface area (Å²) in [4.78, 5) is 0.597. The minimum Gasteiger partial charge on any atom is -0.385 e. The lowest BCUT2D eigenvalue weighted by atomic mass is 10.1. The van der Waals surface area contributed by atoms with Crippen LogP contribution in [0.4, 0.5) is 4.39 Å². The zero-order valence-corrected chi connectivity index (χ0v) is 7.97. The van der Waals surface area contributed by atoms with E-state index in [0.717, 1.165) is 11.3 Å². The Kier molecular flexibility index (Phi) is 2.27. The Balaban J connectivity index is 3.08. The lowest BCUT2D eigenvalue weighted by molar-refractivity contribution is 0.0823. The van der Waals surface area contributed by atoms with Gasteiger partial charge in [0.05, 0.1) is 9.81 Å². The molecule has 0 aliphatic carbocycles. The molecule has 0 aromatic carbocycles. The predicted octanol–water partition coefficient (Wildman–Crippen LogP) is 2.40. The summed E-state index contributed by atoms with van der Waals surface area (Å²) in [7, 11) is 0. The van der Waals surface area contributed by atoms with E-state index in [-0.39, 0.29) is 5.82 Å². The Morgan fingerprint density at radius 1 is 1.64 bits per heavy atom. The monoisotopic (exact) mass is 192 g/mol. The van der Waals surface area contributed by atoms with Crippen LogP contribution in [0.15, 0.2) is 10.3 Å². The van der Waals surface area contributed by atoms with Crippen molar-refractivity contribution in [1.82, 2.24) is 0 Å². The summed E-state index contributed by atoms with van der Waals surface area (Å²) in [6.45, 7) is 3.23. The first-order valence-corrected chi connectivity index (χ1v) is 4.39. The van der Waals surface area contributed by atoms with Crippen molar-refractivity contribution in [2.24, 2.45) is 0 Å². The fourth-order valence-corrected chi connectivity index (χ4v) is 1.80. The average molecular weight is 192 g/mol. The molecule has 1 aromatic heterocycles. The molecule has 1 heterocycles. The Bertz CT molecular complexity index is 242. The Hall–Kier alpha value is -0.0600. The lowest BCUT2D eigenvalue weighted by Crippen LogP contribution is -2.12. The molecule has 0 aliphatic heterocycles. The molecular formula is C7H9FOS2. The van der Waals surface area contributed by atoms with Crippen molar-refractivity contribution in [1.29, 1.82) is 0 Å². The largest absolute Gasteiger partial charge is 0.385 e. The van der Waals surface area contributed by atoms with Gasteiger partial charge < -0.3 is 5.11 Å². The van der Waals surface area contributed by atoms with E-state index >= 15 is 0 Å². The molecular weight excluding hydrogens is 183 g/mol. The first-order valence-electron chi connectivity index (χ1n) is 3.12. The predicted molar refractivity (Wildman–Crippen MR) is 46.8 cm³/mol. The normalized spacial score (nSPS) is 12.1. The number of hydrogen-bond acceptors (Lipinski definition) is 3. The standard InChI is InChI=1S/C7H9FOS2/c1-7(2,9)5-3-4(8)6(10)11-5/h3,9-10H,1-2H3. The van der Waals surface area contributed by atoms with E-state index in [9.17, 15) is 9.50 Å². The fraction of sp³-hybridized carbons (Fsp3) is 0.429. The third kappa shape index (κ3) is 1.95. The molecule has 1 rings (SSSR count). The van der Waals surface area contributed by atoms with Crippen LogP contribution in [-0.2, 0) is 5.60 Å². The van der Waals surface area contributed by atoms with Gasteiger partial charge in [-0.3, -0.25) is 0 Å². The van der Waals surface area contributed by atoms with Crippen molar-refractivity contribution >= 4 is 24.0 Å². The van der Waals surface area contributed by atoms with Gasteiger partial charge in [-0.15, -0.1) is 24.0 Å². The molecule has 0 spiro atoms. The van der Waals surface area contributed by atoms with Crippen molar-refractivity contribution in [2.45, 2.75) is 23.7 Å². The van der Waals surface area contributed by atoms with Gasteiger partial charge in [0.25, 0.3) is 0 Å². The van der Waals surface area contributed by atoms with E-state index in [1.165, 1.54) is 6.07 Å². The molecule has 0 radical (unpaired) electrons. The zero-order chi connectivity index (χ0) is 8.65. The van der Waals surface area contributed by atoms with Crippen LogP contribution in [0.25, 0.3) is 0 Å². The summed E-state index contributed by atoms with van der Waals surface area (Å²) < 4.78 is 13.0. The Morgan fingerprint density at radius 3 is 2.36 bits per heavy atom. The van der Waals surface area contributed by atoms with Gasteiger partial charge in [0.1, 0.15) is 5.82 Å². The van der Waals surface area contributed by atoms with Crippen molar-refractivity contribution in [3.63, 3.8) is 0 Å². The number of aliphatic hydroxyl groups is 1. The molecule has 0 aliphatic rings. The topological polar surface area (TPSA) is 20.2 Å². The summed E-state index contributed by atoms with van der Waals surface area (Å²) in [5, 5.41) is 9.44. The molecule has 62 valence electrons. The molecule has 11 heavy (non-hydrogen) atoms. The van der Waals surface area contributed by atoms with Gasteiger partial charge in [0.2, 0.25) is 0 Å². The molecule has 0 unspecified atom stereocenters. The van der Waals surface area contributed by atoms with E-state index in [4.69, 9.17) is 0 Å². The van der Waals surface area contributed by atoms with Crippen LogP contribution in [0.2, 0.25) is 0 Å². The highest BCUT2D eigenvalue weighted by molar-refractivity contribution is 7.82. The van der Waals surface area contributed by atoms with E-state index < -0.39 is 5.60 Å². The number of thiophene rings is 1. The molecule has 0 bridgehead atoms. The van der Waals surface area contributed by atoms with Gasteiger partial charge in [-0.2, -0.15) is 0 Å². The fourth-order valence-electron chi connectivity index (χ4n) is 0.661. The minimum atomic E-state index is -0.966. The zero-order valence-electron chi connectivity index (χ0n) is 6.26. The Labute approximate surface area is 74.3 Å². The second-order valence-corrected chi connectivity index (χ2v) is 4.62. The highest BCUT2D eigenvalue weighted by Crippen LogP contribution is 2.31. The number of halogens is 1. The third-order valence-corrected chi connectivity index (χ3v) is 2.98. The minimum absolute atomic E-state index is 0.321. The van der Waals surface area contributed by atoms with E-state index in [1.54, 1.807) is 13.8 Å². The first kappa shape index (κ1) is 9.03. The molecule has 0 atom stereocenters. The number of thiol groups is 1. The maximum Gasteiger partial charge on any atom is 0.147 e. The van der Waals surface area contributed by atoms with Crippen LogP contribution in [0.5, 0.6) is 0 Å². The van der Waals surface area contributed by atoms with Gasteiger partial charge >= 0.3 is 0 Å². The van der Waals surface area contributed by atoms with Gasteiger partial charge in [-0.05, 0) is 19.9 Å². The van der Waals surface area contributed by atoms with Crippen LogP contribution >= 0.6 is 24.0 Å². The molecule has 0 saturated carbocycles. The second-order valence-electron chi connectivity index (χ2n) is 2.82. The SMILES string of the molecule is CC(C)(O)c1cc(F)c(S)s1. The molecule has 0 amide bonds. The number of hydrogen-bond donors (Lipinski definition) is 2. The van der Waals surface area contributed by atoms with E-state index in [2.05, 4.69) is 12.6 Å². The van der Waals surface area contributed by atoms with Crippen molar-refractivity contribution < 1.29 is 9.50 Å². The summed E-state index contributed by atoms with van der Waals surface area (Å²) in [6.07, 6.45) is 0. The lowest BCUT2D eigenvalue weighted by Gasteiger charge is -2.13. The van der Waals surface area contributed by atoms with Crippen LogP contribution in [0, 0.1) is 5.82 Å². The number of rotatable bonds is 1. The van der Waals surface area contributed by atoms with Gasteiger partial charge in [0.15, 0.2) is 0 Å². The van der Waals surface area contributed by atoms with Crippen LogP contribution in [0.1, 0.15) is 18.7 Å². The highest BCUT2D eigenvalue weighted by Gasteiger charge is 2.20. The van der Waals surface area contributed by atoms with Gasteiger partial charge in [-0.1, -0.05) is 0 Å². The van der Waals surface area contributed by atoms with Crippen molar-refractivity contribution in [2.75, 3.05) is 0 Å². The van der Waals surface area contributed by atoms with E-state index in [0.29, 0.717) is 9.09 Å². The van der Waals surface area contributed by atoms with Crippen molar-refractivity contribution in [3.8, 4) is 0 Å². The van der Waals surface area contributed by atoms with Gasteiger partial charge in [-0.25, -0.2) is 4.39 Å². The molecule has 1 aromatic rings. The quantitative estimate of drug-likeness (QED) is 0.655.